The SMILES string of the molecule is N#C/C(=C/c1cccc(OCc2cccc3ccccc23)c1)C(=O)Nc1ccc(O)cc1. The molecule has 32 heavy (non-hydrogen) atoms. The Morgan fingerprint density at radius 3 is 2.53 bits per heavy atom. The van der Waals surface area contributed by atoms with Gasteiger partial charge in [-0.25, -0.2) is 0 Å². The molecule has 2 N–H and O–H groups in total. The zero-order chi connectivity index (χ0) is 22.3. The number of ether oxygens (including phenoxy) is 1. The van der Waals surface area contributed by atoms with E-state index in [0.717, 1.165) is 16.3 Å². The molecule has 0 saturated heterocycles. The van der Waals surface area contributed by atoms with E-state index in [-0.39, 0.29) is 11.3 Å². The fraction of sp³-hybridized carbons (Fsp3) is 0.0370. The Balaban J connectivity index is 1.48. The van der Waals surface area contributed by atoms with Crippen molar-refractivity contribution in [1.29, 1.82) is 5.26 Å². The summed E-state index contributed by atoms with van der Waals surface area (Å²) in [5.74, 6) is 0.211. The van der Waals surface area contributed by atoms with Crippen LogP contribution < -0.4 is 10.1 Å². The molecule has 0 saturated carbocycles. The largest absolute Gasteiger partial charge is 0.508 e. The van der Waals surface area contributed by atoms with Gasteiger partial charge in [0.15, 0.2) is 0 Å². The Morgan fingerprint density at radius 1 is 0.969 bits per heavy atom. The number of nitriles is 1. The average molecular weight is 420 g/mol. The molecule has 0 bridgehead atoms. The Morgan fingerprint density at radius 2 is 1.72 bits per heavy atom. The highest BCUT2D eigenvalue weighted by atomic mass is 16.5. The molecule has 1 amide bonds. The predicted octanol–water partition coefficient (Wildman–Crippen LogP) is 5.67. The molecular formula is C27H20N2O3. The summed E-state index contributed by atoms with van der Waals surface area (Å²) in [6, 6.07) is 29.5. The third-order valence-corrected chi connectivity index (χ3v) is 4.93. The predicted molar refractivity (Wildman–Crippen MR) is 125 cm³/mol. The summed E-state index contributed by atoms with van der Waals surface area (Å²) in [7, 11) is 0. The molecule has 0 radical (unpaired) electrons. The molecule has 4 aromatic carbocycles. The summed E-state index contributed by atoms with van der Waals surface area (Å²) in [4.78, 5) is 12.5. The minimum Gasteiger partial charge on any atom is -0.508 e. The second-order valence-electron chi connectivity index (χ2n) is 7.17. The summed E-state index contributed by atoms with van der Waals surface area (Å²) >= 11 is 0. The third-order valence-electron chi connectivity index (χ3n) is 4.93. The lowest BCUT2D eigenvalue weighted by Crippen LogP contribution is -2.13. The first-order valence-corrected chi connectivity index (χ1v) is 10.0. The van der Waals surface area contributed by atoms with E-state index in [4.69, 9.17) is 4.74 Å². The van der Waals surface area contributed by atoms with E-state index < -0.39 is 5.91 Å². The molecule has 5 nitrogen and oxygen atoms in total. The zero-order valence-electron chi connectivity index (χ0n) is 17.2. The lowest BCUT2D eigenvalue weighted by atomic mass is 10.1. The number of fused-ring (bicyclic) bond motifs is 1. The molecular weight excluding hydrogens is 400 g/mol. The number of carbonyl (C=O) groups is 1. The van der Waals surface area contributed by atoms with Gasteiger partial charge < -0.3 is 15.2 Å². The molecule has 0 aliphatic carbocycles. The minimum absolute atomic E-state index is 0.0377. The van der Waals surface area contributed by atoms with Crippen molar-refractivity contribution in [1.82, 2.24) is 0 Å². The number of anilines is 1. The first kappa shape index (κ1) is 20.7. The smallest absolute Gasteiger partial charge is 0.266 e. The fourth-order valence-corrected chi connectivity index (χ4v) is 3.33. The van der Waals surface area contributed by atoms with Crippen molar-refractivity contribution in [2.45, 2.75) is 6.61 Å². The van der Waals surface area contributed by atoms with E-state index in [1.807, 2.05) is 42.5 Å². The van der Waals surface area contributed by atoms with Gasteiger partial charge in [-0.3, -0.25) is 4.79 Å². The van der Waals surface area contributed by atoms with Gasteiger partial charge in [-0.1, -0.05) is 54.6 Å². The first-order chi connectivity index (χ1) is 15.6. The standard InChI is InChI=1S/C27H20N2O3/c28-17-22(27(31)29-23-11-13-24(30)14-12-23)15-19-5-3-9-25(16-19)32-18-21-8-4-7-20-6-1-2-10-26(20)21/h1-16,30H,18H2,(H,29,31)/b22-15-. The van der Waals surface area contributed by atoms with E-state index in [1.165, 1.54) is 18.2 Å². The van der Waals surface area contributed by atoms with E-state index in [2.05, 4.69) is 23.5 Å². The zero-order valence-corrected chi connectivity index (χ0v) is 17.2. The van der Waals surface area contributed by atoms with E-state index in [9.17, 15) is 15.2 Å². The molecule has 0 aliphatic heterocycles. The minimum atomic E-state index is -0.528. The Hall–Kier alpha value is -4.56. The number of hydrogen-bond donors (Lipinski definition) is 2. The van der Waals surface area contributed by atoms with Crippen LogP contribution in [0.15, 0.2) is 96.6 Å². The topological polar surface area (TPSA) is 82.3 Å². The average Bonchev–Trinajstić information content (AvgIpc) is 2.83. The van der Waals surface area contributed by atoms with Crippen LogP contribution >= 0.6 is 0 Å². The molecule has 0 spiro atoms. The number of carbonyl (C=O) groups excluding carboxylic acids is 1. The molecule has 0 aromatic heterocycles. The van der Waals surface area contributed by atoms with Crippen LogP contribution in [0.3, 0.4) is 0 Å². The molecule has 0 atom stereocenters. The van der Waals surface area contributed by atoms with Gasteiger partial charge in [0.1, 0.15) is 29.7 Å². The molecule has 0 heterocycles. The lowest BCUT2D eigenvalue weighted by Gasteiger charge is -2.10. The van der Waals surface area contributed by atoms with Gasteiger partial charge in [-0.2, -0.15) is 5.26 Å². The number of aromatic hydroxyl groups is 1. The van der Waals surface area contributed by atoms with Crippen molar-refractivity contribution in [2.24, 2.45) is 0 Å². The van der Waals surface area contributed by atoms with Crippen LogP contribution in [0, 0.1) is 11.3 Å². The molecule has 0 fully saturated rings. The molecule has 5 heteroatoms. The highest BCUT2D eigenvalue weighted by Gasteiger charge is 2.10. The van der Waals surface area contributed by atoms with Crippen LogP contribution in [0.1, 0.15) is 11.1 Å². The van der Waals surface area contributed by atoms with Crippen LogP contribution in [0.25, 0.3) is 16.8 Å². The molecule has 0 unspecified atom stereocenters. The highest BCUT2D eigenvalue weighted by molar-refractivity contribution is 6.09. The van der Waals surface area contributed by atoms with Crippen LogP contribution in [-0.2, 0) is 11.4 Å². The van der Waals surface area contributed by atoms with Crippen molar-refractivity contribution in [2.75, 3.05) is 5.32 Å². The van der Waals surface area contributed by atoms with Crippen molar-refractivity contribution in [3.05, 3.63) is 108 Å². The number of hydrogen-bond acceptors (Lipinski definition) is 4. The molecule has 156 valence electrons. The van der Waals surface area contributed by atoms with Gasteiger partial charge in [0, 0.05) is 5.69 Å². The number of benzene rings is 4. The second kappa shape index (κ2) is 9.50. The summed E-state index contributed by atoms with van der Waals surface area (Å²) in [6.45, 7) is 0.404. The van der Waals surface area contributed by atoms with Crippen molar-refractivity contribution in [3.63, 3.8) is 0 Å². The van der Waals surface area contributed by atoms with Crippen LogP contribution in [0.5, 0.6) is 11.5 Å². The van der Waals surface area contributed by atoms with Gasteiger partial charge in [0.05, 0.1) is 0 Å². The summed E-state index contributed by atoms with van der Waals surface area (Å²) < 4.78 is 5.99. The molecule has 4 rings (SSSR count). The maximum Gasteiger partial charge on any atom is 0.266 e. The monoisotopic (exact) mass is 420 g/mol. The van der Waals surface area contributed by atoms with Crippen molar-refractivity contribution >= 4 is 28.4 Å². The van der Waals surface area contributed by atoms with Crippen molar-refractivity contribution in [3.8, 4) is 17.6 Å². The van der Waals surface area contributed by atoms with E-state index in [1.54, 1.807) is 24.3 Å². The second-order valence-corrected chi connectivity index (χ2v) is 7.17. The number of phenols is 1. The fourth-order valence-electron chi connectivity index (χ4n) is 3.33. The van der Waals surface area contributed by atoms with E-state index in [0.29, 0.717) is 23.6 Å². The van der Waals surface area contributed by atoms with Gasteiger partial charge in [-0.05, 0) is 64.4 Å². The van der Waals surface area contributed by atoms with Crippen molar-refractivity contribution < 1.29 is 14.6 Å². The maximum atomic E-state index is 12.5. The van der Waals surface area contributed by atoms with Crippen LogP contribution in [0.2, 0.25) is 0 Å². The number of nitrogens with one attached hydrogen (secondary N) is 1. The summed E-state index contributed by atoms with van der Waals surface area (Å²) in [6.07, 6.45) is 1.51. The Bertz CT molecular complexity index is 1330. The quantitative estimate of drug-likeness (QED) is 0.239. The number of amides is 1. The summed E-state index contributed by atoms with van der Waals surface area (Å²) in [5.41, 5.74) is 2.21. The van der Waals surface area contributed by atoms with Gasteiger partial charge in [-0.15, -0.1) is 0 Å². The van der Waals surface area contributed by atoms with Gasteiger partial charge >= 0.3 is 0 Å². The number of nitrogens with zero attached hydrogens (tertiary/aromatic N) is 1. The maximum absolute atomic E-state index is 12.5. The summed E-state index contributed by atoms with van der Waals surface area (Å²) in [5, 5.41) is 23.7. The lowest BCUT2D eigenvalue weighted by molar-refractivity contribution is -0.112. The highest BCUT2D eigenvalue weighted by Crippen LogP contribution is 2.22. The normalized spacial score (nSPS) is 11.0. The molecule has 0 aliphatic rings. The van der Waals surface area contributed by atoms with Crippen LogP contribution in [-0.4, -0.2) is 11.0 Å². The van der Waals surface area contributed by atoms with Crippen LogP contribution in [0.4, 0.5) is 5.69 Å². The third kappa shape index (κ3) is 4.94. The van der Waals surface area contributed by atoms with Gasteiger partial charge in [0.25, 0.3) is 5.91 Å². The molecule has 4 aromatic rings. The number of phenolic OH excluding ortho intramolecular Hbond substituents is 1. The van der Waals surface area contributed by atoms with Gasteiger partial charge in [0.2, 0.25) is 0 Å². The Kier molecular flexibility index (Phi) is 6.15. The first-order valence-electron chi connectivity index (χ1n) is 10.0. The number of rotatable bonds is 6. The Labute approximate surface area is 185 Å². The van der Waals surface area contributed by atoms with E-state index >= 15 is 0 Å².